The van der Waals surface area contributed by atoms with Crippen LogP contribution in [-0.4, -0.2) is 22.0 Å². The van der Waals surface area contributed by atoms with Gasteiger partial charge in [-0.15, -0.1) is 0 Å². The molecule has 0 aliphatic carbocycles. The summed E-state index contributed by atoms with van der Waals surface area (Å²) in [6, 6.07) is 10.4. The summed E-state index contributed by atoms with van der Waals surface area (Å²) in [5.74, 6) is 0.702. The van der Waals surface area contributed by atoms with Crippen molar-refractivity contribution in [1.82, 2.24) is 10.1 Å². The van der Waals surface area contributed by atoms with Crippen LogP contribution in [0, 0.1) is 6.92 Å². The lowest BCUT2D eigenvalue weighted by atomic mass is 9.86. The molecule has 150 valence electrons. The molecule has 0 amide bonds. The molecule has 0 bridgehead atoms. The maximum Gasteiger partial charge on any atom is 0.435 e. The first-order valence-corrected chi connectivity index (χ1v) is 9.13. The van der Waals surface area contributed by atoms with E-state index in [1.54, 1.807) is 31.2 Å². The van der Waals surface area contributed by atoms with Crippen LogP contribution in [0.15, 0.2) is 52.1 Å². The van der Waals surface area contributed by atoms with Crippen LogP contribution in [0.4, 0.5) is 13.2 Å². The maximum absolute atomic E-state index is 14.1. The van der Waals surface area contributed by atoms with Crippen LogP contribution < -0.4 is 0 Å². The molecule has 1 aromatic heterocycles. The molecule has 2 aromatic carbocycles. The van der Waals surface area contributed by atoms with Gasteiger partial charge in [-0.05, 0) is 24.3 Å². The summed E-state index contributed by atoms with van der Waals surface area (Å²) in [5.41, 5.74) is -1.75. The van der Waals surface area contributed by atoms with Crippen molar-refractivity contribution in [1.29, 1.82) is 0 Å². The van der Waals surface area contributed by atoms with Crippen LogP contribution in [0.5, 0.6) is 0 Å². The standard InChI is InChI=1S/C19H12Cl2F3N3O2/c1-10-25-17(27-28-10)12-4-2-3-11(5-12)16-9-18(29-26-16,19(22,23)24)13-6-14(20)8-15(21)7-13/h2-8H,9H2,1H3. The van der Waals surface area contributed by atoms with Crippen molar-refractivity contribution >= 4 is 28.9 Å². The molecule has 1 atom stereocenters. The average Bonchev–Trinajstić information content (AvgIpc) is 3.28. The number of hydrogen-bond acceptors (Lipinski definition) is 5. The third kappa shape index (κ3) is 3.58. The summed E-state index contributed by atoms with van der Waals surface area (Å²) in [5, 5.41) is 7.71. The smallest absolute Gasteiger partial charge is 0.374 e. The zero-order chi connectivity index (χ0) is 20.8. The van der Waals surface area contributed by atoms with Gasteiger partial charge in [0.2, 0.25) is 11.7 Å². The fourth-order valence-electron chi connectivity index (χ4n) is 3.10. The molecule has 29 heavy (non-hydrogen) atoms. The second kappa shape index (κ2) is 7.03. The summed E-state index contributed by atoms with van der Waals surface area (Å²) in [6.07, 6.45) is -5.30. The average molecular weight is 442 g/mol. The first kappa shape index (κ1) is 19.7. The third-order valence-electron chi connectivity index (χ3n) is 4.50. The molecule has 10 heteroatoms. The van der Waals surface area contributed by atoms with Gasteiger partial charge in [-0.2, -0.15) is 18.2 Å². The van der Waals surface area contributed by atoms with E-state index >= 15 is 0 Å². The van der Waals surface area contributed by atoms with Gasteiger partial charge in [0.25, 0.3) is 5.60 Å². The highest BCUT2D eigenvalue weighted by Crippen LogP contribution is 2.49. The van der Waals surface area contributed by atoms with E-state index < -0.39 is 18.2 Å². The Hall–Kier alpha value is -2.58. The number of alkyl halides is 3. The molecule has 0 fully saturated rings. The summed E-state index contributed by atoms with van der Waals surface area (Å²) < 4.78 is 47.2. The molecule has 0 saturated carbocycles. The minimum atomic E-state index is -4.76. The van der Waals surface area contributed by atoms with Crippen LogP contribution in [0.1, 0.15) is 23.4 Å². The van der Waals surface area contributed by atoms with Gasteiger partial charge >= 0.3 is 6.18 Å². The highest BCUT2D eigenvalue weighted by atomic mass is 35.5. The van der Waals surface area contributed by atoms with Crippen molar-refractivity contribution < 1.29 is 22.5 Å². The predicted octanol–water partition coefficient (Wildman–Crippen LogP) is 5.93. The van der Waals surface area contributed by atoms with E-state index in [9.17, 15) is 13.2 Å². The van der Waals surface area contributed by atoms with E-state index in [2.05, 4.69) is 15.3 Å². The molecular formula is C19H12Cl2F3N3O2. The van der Waals surface area contributed by atoms with Crippen molar-refractivity contribution in [2.45, 2.75) is 25.1 Å². The Bertz CT molecular complexity index is 1090. The molecule has 1 aliphatic rings. The van der Waals surface area contributed by atoms with E-state index in [1.807, 2.05) is 0 Å². The molecule has 2 heterocycles. The van der Waals surface area contributed by atoms with Gasteiger partial charge < -0.3 is 9.36 Å². The van der Waals surface area contributed by atoms with E-state index in [1.165, 1.54) is 18.2 Å². The summed E-state index contributed by atoms with van der Waals surface area (Å²) in [6.45, 7) is 1.64. The van der Waals surface area contributed by atoms with Crippen LogP contribution >= 0.6 is 23.2 Å². The molecule has 0 N–H and O–H groups in total. The SMILES string of the molecule is Cc1nc(-c2cccc(C3=NOC(c4cc(Cl)cc(Cl)c4)(C(F)(F)F)C3)c2)no1. The lowest BCUT2D eigenvalue weighted by Gasteiger charge is -2.29. The number of rotatable bonds is 3. The molecule has 5 nitrogen and oxygen atoms in total. The quantitative estimate of drug-likeness (QED) is 0.504. The highest BCUT2D eigenvalue weighted by Gasteiger charge is 2.62. The maximum atomic E-state index is 14.1. The zero-order valence-corrected chi connectivity index (χ0v) is 16.3. The predicted molar refractivity (Wildman–Crippen MR) is 101 cm³/mol. The van der Waals surface area contributed by atoms with Gasteiger partial charge in [-0.3, -0.25) is 0 Å². The minimum Gasteiger partial charge on any atom is -0.374 e. The monoisotopic (exact) mass is 441 g/mol. The number of aromatic nitrogens is 2. The second-order valence-corrected chi connectivity index (χ2v) is 7.38. The third-order valence-corrected chi connectivity index (χ3v) is 4.93. The van der Waals surface area contributed by atoms with Gasteiger partial charge in [0, 0.05) is 40.1 Å². The van der Waals surface area contributed by atoms with Crippen LogP contribution in [0.25, 0.3) is 11.4 Å². The Kier molecular flexibility index (Phi) is 4.78. The molecule has 1 unspecified atom stereocenters. The molecule has 0 spiro atoms. The summed E-state index contributed by atoms with van der Waals surface area (Å²) in [7, 11) is 0. The minimum absolute atomic E-state index is 0.0719. The molecule has 1 aliphatic heterocycles. The Balaban J connectivity index is 1.72. The molecule has 3 aromatic rings. The first-order valence-electron chi connectivity index (χ1n) is 8.37. The fraction of sp³-hybridized carbons (Fsp3) is 0.211. The number of halogens is 5. The Morgan fingerprint density at radius 1 is 1.03 bits per heavy atom. The number of oxime groups is 1. The van der Waals surface area contributed by atoms with Gasteiger partial charge in [0.15, 0.2) is 0 Å². The van der Waals surface area contributed by atoms with Crippen molar-refractivity contribution in [3.63, 3.8) is 0 Å². The zero-order valence-electron chi connectivity index (χ0n) is 14.8. The Morgan fingerprint density at radius 2 is 1.72 bits per heavy atom. The topological polar surface area (TPSA) is 60.5 Å². The lowest BCUT2D eigenvalue weighted by molar-refractivity contribution is -0.275. The van der Waals surface area contributed by atoms with Crippen molar-refractivity contribution in [3.05, 3.63) is 69.5 Å². The molecule has 4 rings (SSSR count). The van der Waals surface area contributed by atoms with Crippen LogP contribution in [-0.2, 0) is 10.4 Å². The van der Waals surface area contributed by atoms with E-state index in [0.717, 1.165) is 0 Å². The van der Waals surface area contributed by atoms with Crippen LogP contribution in [0.2, 0.25) is 10.0 Å². The number of benzene rings is 2. The molecule has 0 saturated heterocycles. The second-order valence-electron chi connectivity index (χ2n) is 6.51. The lowest BCUT2D eigenvalue weighted by Crippen LogP contribution is -2.42. The largest absolute Gasteiger partial charge is 0.435 e. The van der Waals surface area contributed by atoms with Gasteiger partial charge in [0.1, 0.15) is 0 Å². The number of nitrogens with zero attached hydrogens (tertiary/aromatic N) is 3. The highest BCUT2D eigenvalue weighted by molar-refractivity contribution is 6.34. The van der Waals surface area contributed by atoms with E-state index in [4.69, 9.17) is 32.6 Å². The number of aryl methyl sites for hydroxylation is 1. The summed E-state index contributed by atoms with van der Waals surface area (Å²) >= 11 is 11.8. The fourth-order valence-corrected chi connectivity index (χ4v) is 3.63. The van der Waals surface area contributed by atoms with Gasteiger partial charge in [-0.1, -0.05) is 51.7 Å². The molecular weight excluding hydrogens is 430 g/mol. The normalized spacial score (nSPS) is 19.2. The molecule has 0 radical (unpaired) electrons. The van der Waals surface area contributed by atoms with Crippen molar-refractivity contribution in [3.8, 4) is 11.4 Å². The number of hydrogen-bond donors (Lipinski definition) is 0. The van der Waals surface area contributed by atoms with E-state index in [0.29, 0.717) is 22.8 Å². The Labute approximate surface area is 173 Å². The summed E-state index contributed by atoms with van der Waals surface area (Å²) in [4.78, 5) is 9.14. The van der Waals surface area contributed by atoms with Crippen molar-refractivity contribution in [2.24, 2.45) is 5.16 Å². The van der Waals surface area contributed by atoms with Gasteiger partial charge in [-0.25, -0.2) is 0 Å². The van der Waals surface area contributed by atoms with E-state index in [-0.39, 0.29) is 21.3 Å². The van der Waals surface area contributed by atoms with Crippen molar-refractivity contribution in [2.75, 3.05) is 0 Å². The van der Waals surface area contributed by atoms with Gasteiger partial charge in [0.05, 0.1) is 5.71 Å². The Morgan fingerprint density at radius 3 is 2.34 bits per heavy atom. The van der Waals surface area contributed by atoms with Crippen LogP contribution in [0.3, 0.4) is 0 Å². The first-order chi connectivity index (χ1) is 13.7.